The average Bonchev–Trinajstić information content (AvgIpc) is 2.25. The topological polar surface area (TPSA) is 91.8 Å². The lowest BCUT2D eigenvalue weighted by molar-refractivity contribution is -0.116. The van der Waals surface area contributed by atoms with Crippen LogP contribution in [0.25, 0.3) is 0 Å². The van der Waals surface area contributed by atoms with Crippen molar-refractivity contribution in [3.8, 4) is 0 Å². The number of amides is 1. The largest absolute Gasteiger partial charge is 0.478 e. The van der Waals surface area contributed by atoms with Crippen LogP contribution in [0.5, 0.6) is 0 Å². The highest BCUT2D eigenvalue weighted by Crippen LogP contribution is 2.31. The van der Waals surface area contributed by atoms with Crippen LogP contribution in [0.15, 0.2) is 23.1 Å². The number of carbonyl (C=O) groups is 2. The minimum atomic E-state index is -3.65. The molecule has 0 bridgehead atoms. The van der Waals surface area contributed by atoms with Crippen molar-refractivity contribution in [3.05, 3.63) is 23.8 Å². The maximum atomic E-state index is 11.7. The smallest absolute Gasteiger partial charge is 0.335 e. The van der Waals surface area contributed by atoms with Gasteiger partial charge >= 0.3 is 5.97 Å². The molecule has 0 saturated heterocycles. The van der Waals surface area contributed by atoms with E-state index < -0.39 is 27.5 Å². The van der Waals surface area contributed by atoms with Gasteiger partial charge in [-0.25, -0.2) is 13.2 Å². The van der Waals surface area contributed by atoms with Crippen molar-refractivity contribution in [2.24, 2.45) is 0 Å². The van der Waals surface area contributed by atoms with Gasteiger partial charge < -0.3 is 10.0 Å². The van der Waals surface area contributed by atoms with Crippen molar-refractivity contribution in [1.82, 2.24) is 0 Å². The number of benzene rings is 1. The SMILES string of the molecule is CN1C(=O)CS(=O)(=O)c2ccc(C(=O)O)cc21. The number of hydrogen-bond donors (Lipinski definition) is 1. The van der Waals surface area contributed by atoms with E-state index in [0.717, 1.165) is 4.90 Å². The van der Waals surface area contributed by atoms with E-state index >= 15 is 0 Å². The third kappa shape index (κ3) is 1.78. The number of carboxylic acid groups (broad SMARTS) is 1. The van der Waals surface area contributed by atoms with Crippen molar-refractivity contribution in [3.63, 3.8) is 0 Å². The monoisotopic (exact) mass is 255 g/mol. The van der Waals surface area contributed by atoms with Crippen LogP contribution in [-0.2, 0) is 14.6 Å². The van der Waals surface area contributed by atoms with E-state index in [1.54, 1.807) is 0 Å². The highest BCUT2D eigenvalue weighted by Gasteiger charge is 2.33. The maximum absolute atomic E-state index is 11.7. The summed E-state index contributed by atoms with van der Waals surface area (Å²) in [7, 11) is -2.23. The number of carbonyl (C=O) groups excluding carboxylic acids is 1. The molecular formula is C10H9NO5S. The molecule has 1 aromatic rings. The summed E-state index contributed by atoms with van der Waals surface area (Å²) in [6, 6.07) is 3.62. The van der Waals surface area contributed by atoms with Crippen molar-refractivity contribution in [2.45, 2.75) is 4.90 Å². The minimum Gasteiger partial charge on any atom is -0.478 e. The van der Waals surface area contributed by atoms with Gasteiger partial charge in [0.05, 0.1) is 16.1 Å². The molecule has 0 unspecified atom stereocenters. The Morgan fingerprint density at radius 3 is 2.65 bits per heavy atom. The Morgan fingerprint density at radius 1 is 1.41 bits per heavy atom. The fraction of sp³-hybridized carbons (Fsp3) is 0.200. The molecule has 0 fully saturated rings. The molecule has 0 saturated carbocycles. The summed E-state index contributed by atoms with van der Waals surface area (Å²) in [5, 5.41) is 8.82. The van der Waals surface area contributed by atoms with Gasteiger partial charge in [-0.3, -0.25) is 4.79 Å². The lowest BCUT2D eigenvalue weighted by atomic mass is 10.2. The summed E-state index contributed by atoms with van der Waals surface area (Å²) in [4.78, 5) is 23.4. The first kappa shape index (κ1) is 11.6. The second-order valence-corrected chi connectivity index (χ2v) is 5.66. The molecule has 90 valence electrons. The van der Waals surface area contributed by atoms with Crippen molar-refractivity contribution >= 4 is 27.4 Å². The second-order valence-electron chi connectivity index (χ2n) is 3.70. The number of hydrogen-bond acceptors (Lipinski definition) is 4. The van der Waals surface area contributed by atoms with Gasteiger partial charge in [-0.05, 0) is 18.2 Å². The van der Waals surface area contributed by atoms with E-state index in [1.165, 1.54) is 25.2 Å². The first-order valence-corrected chi connectivity index (χ1v) is 6.35. The first-order chi connectivity index (χ1) is 7.83. The normalized spacial score (nSPS) is 17.7. The van der Waals surface area contributed by atoms with E-state index in [1.807, 2.05) is 0 Å². The Bertz CT molecular complexity index is 620. The molecule has 1 N–H and O–H groups in total. The van der Waals surface area contributed by atoms with Crippen LogP contribution in [-0.4, -0.2) is 38.2 Å². The second kappa shape index (κ2) is 3.56. The molecule has 1 aliphatic heterocycles. The van der Waals surface area contributed by atoms with Gasteiger partial charge in [0, 0.05) is 7.05 Å². The Kier molecular flexibility index (Phi) is 2.43. The molecule has 1 heterocycles. The third-order valence-electron chi connectivity index (χ3n) is 2.59. The summed E-state index contributed by atoms with van der Waals surface area (Å²) in [6.07, 6.45) is 0. The molecule has 0 aromatic heterocycles. The highest BCUT2D eigenvalue weighted by atomic mass is 32.2. The Balaban J connectivity index is 2.71. The molecule has 2 rings (SSSR count). The van der Waals surface area contributed by atoms with E-state index in [4.69, 9.17) is 5.11 Å². The van der Waals surface area contributed by atoms with Crippen LogP contribution in [0, 0.1) is 0 Å². The summed E-state index contributed by atoms with van der Waals surface area (Å²) in [5.74, 6) is -2.32. The zero-order valence-electron chi connectivity index (χ0n) is 8.87. The van der Waals surface area contributed by atoms with Gasteiger partial charge in [0.15, 0.2) is 9.84 Å². The number of fused-ring (bicyclic) bond motifs is 1. The predicted molar refractivity (Wildman–Crippen MR) is 58.9 cm³/mol. The Hall–Kier alpha value is -1.89. The fourth-order valence-electron chi connectivity index (χ4n) is 1.65. The standard InChI is InChI=1S/C10H9NO5S/c1-11-7-4-6(10(13)14)2-3-8(7)17(15,16)5-9(11)12/h2-4H,5H2,1H3,(H,13,14). The maximum Gasteiger partial charge on any atom is 0.335 e. The van der Waals surface area contributed by atoms with Gasteiger partial charge in [-0.15, -0.1) is 0 Å². The molecule has 1 aromatic carbocycles. The lowest BCUT2D eigenvalue weighted by Gasteiger charge is -2.25. The number of aromatic carboxylic acids is 1. The van der Waals surface area contributed by atoms with Crippen LogP contribution in [0.4, 0.5) is 5.69 Å². The molecular weight excluding hydrogens is 246 g/mol. The summed E-state index contributed by atoms with van der Waals surface area (Å²) >= 11 is 0. The molecule has 0 spiro atoms. The molecule has 0 aliphatic carbocycles. The van der Waals surface area contributed by atoms with Gasteiger partial charge in [0.25, 0.3) is 0 Å². The van der Waals surface area contributed by atoms with Gasteiger partial charge in [-0.2, -0.15) is 0 Å². The first-order valence-electron chi connectivity index (χ1n) is 4.69. The van der Waals surface area contributed by atoms with E-state index in [2.05, 4.69) is 0 Å². The van der Waals surface area contributed by atoms with E-state index in [0.29, 0.717) is 0 Å². The van der Waals surface area contributed by atoms with Crippen molar-refractivity contribution in [1.29, 1.82) is 0 Å². The van der Waals surface area contributed by atoms with Crippen LogP contribution < -0.4 is 4.90 Å². The Labute approximate surface area is 97.4 Å². The summed E-state index contributed by atoms with van der Waals surface area (Å²) in [6.45, 7) is 0. The zero-order chi connectivity index (χ0) is 12.8. The van der Waals surface area contributed by atoms with E-state index in [-0.39, 0.29) is 16.1 Å². The molecule has 7 heteroatoms. The van der Waals surface area contributed by atoms with Gasteiger partial charge in [0.1, 0.15) is 5.75 Å². The van der Waals surface area contributed by atoms with Crippen LogP contribution >= 0.6 is 0 Å². The molecule has 1 amide bonds. The average molecular weight is 255 g/mol. The zero-order valence-corrected chi connectivity index (χ0v) is 9.69. The van der Waals surface area contributed by atoms with Crippen molar-refractivity contribution in [2.75, 3.05) is 17.7 Å². The summed E-state index contributed by atoms with van der Waals surface area (Å²) in [5.41, 5.74) is 0.0571. The number of nitrogens with zero attached hydrogens (tertiary/aromatic N) is 1. The van der Waals surface area contributed by atoms with Crippen LogP contribution in [0.1, 0.15) is 10.4 Å². The molecule has 0 radical (unpaired) electrons. The molecule has 0 atom stereocenters. The van der Waals surface area contributed by atoms with Gasteiger partial charge in [0.2, 0.25) is 5.91 Å². The number of carboxylic acids is 1. The minimum absolute atomic E-state index is 0.00963. The fourth-order valence-corrected chi connectivity index (χ4v) is 3.11. The molecule has 6 nitrogen and oxygen atoms in total. The summed E-state index contributed by atoms with van der Waals surface area (Å²) < 4.78 is 23.4. The number of sulfone groups is 1. The Morgan fingerprint density at radius 2 is 2.06 bits per heavy atom. The highest BCUT2D eigenvalue weighted by molar-refractivity contribution is 7.92. The quantitative estimate of drug-likeness (QED) is 0.770. The molecule has 1 aliphatic rings. The number of anilines is 1. The van der Waals surface area contributed by atoms with Gasteiger partial charge in [-0.1, -0.05) is 0 Å². The van der Waals surface area contributed by atoms with Crippen LogP contribution in [0.2, 0.25) is 0 Å². The van der Waals surface area contributed by atoms with Crippen LogP contribution in [0.3, 0.4) is 0 Å². The number of rotatable bonds is 1. The van der Waals surface area contributed by atoms with Crippen molar-refractivity contribution < 1.29 is 23.1 Å². The van der Waals surface area contributed by atoms with E-state index in [9.17, 15) is 18.0 Å². The predicted octanol–water partition coefficient (Wildman–Crippen LogP) is 0.135. The lowest BCUT2D eigenvalue weighted by Crippen LogP contribution is -2.38. The molecule has 17 heavy (non-hydrogen) atoms. The third-order valence-corrected chi connectivity index (χ3v) is 4.23.